The summed E-state index contributed by atoms with van der Waals surface area (Å²) in [4.78, 5) is 26.8. The topological polar surface area (TPSA) is 57.6 Å². The third-order valence-corrected chi connectivity index (χ3v) is 4.36. The SMILES string of the molecule is CN(Cc1ccccc1)C(=O)C1(O)CCc2ccccc2C1=O. The van der Waals surface area contributed by atoms with E-state index < -0.39 is 17.3 Å². The molecular formula is C19H19NO3. The maximum Gasteiger partial charge on any atom is 0.262 e. The quantitative estimate of drug-likeness (QED) is 0.884. The number of amides is 1. The molecule has 0 aromatic heterocycles. The number of rotatable bonds is 3. The van der Waals surface area contributed by atoms with E-state index in [-0.39, 0.29) is 6.42 Å². The van der Waals surface area contributed by atoms with Gasteiger partial charge in [0, 0.05) is 19.2 Å². The smallest absolute Gasteiger partial charge is 0.262 e. The molecule has 0 spiro atoms. The second-order valence-electron chi connectivity index (χ2n) is 5.99. The number of Topliss-reactive ketones (excluding diaryl/α,β-unsaturated/α-hetero) is 1. The number of aryl methyl sites for hydroxylation is 1. The van der Waals surface area contributed by atoms with E-state index in [1.165, 1.54) is 4.90 Å². The minimum absolute atomic E-state index is 0.126. The van der Waals surface area contributed by atoms with Gasteiger partial charge in [-0.2, -0.15) is 0 Å². The van der Waals surface area contributed by atoms with Gasteiger partial charge in [-0.15, -0.1) is 0 Å². The Hall–Kier alpha value is -2.46. The van der Waals surface area contributed by atoms with E-state index in [1.54, 1.807) is 19.2 Å². The summed E-state index contributed by atoms with van der Waals surface area (Å²) in [5.41, 5.74) is 0.330. The Morgan fingerprint density at radius 2 is 1.78 bits per heavy atom. The van der Waals surface area contributed by atoms with Gasteiger partial charge in [0.1, 0.15) is 0 Å². The number of nitrogens with zero attached hydrogens (tertiary/aromatic N) is 1. The van der Waals surface area contributed by atoms with Crippen molar-refractivity contribution >= 4 is 11.7 Å². The Morgan fingerprint density at radius 1 is 1.13 bits per heavy atom. The van der Waals surface area contributed by atoms with Crippen LogP contribution in [0.5, 0.6) is 0 Å². The summed E-state index contributed by atoms with van der Waals surface area (Å²) < 4.78 is 0. The van der Waals surface area contributed by atoms with Crippen LogP contribution in [-0.2, 0) is 17.8 Å². The molecule has 2 aromatic rings. The molecule has 1 unspecified atom stereocenters. The Bertz CT molecular complexity index is 741. The molecule has 2 aromatic carbocycles. The number of carbonyl (C=O) groups excluding carboxylic acids is 2. The molecule has 1 atom stereocenters. The highest BCUT2D eigenvalue weighted by molar-refractivity contribution is 6.17. The summed E-state index contributed by atoms with van der Waals surface area (Å²) in [5, 5.41) is 10.8. The molecule has 0 bridgehead atoms. The number of hydrogen-bond acceptors (Lipinski definition) is 3. The van der Waals surface area contributed by atoms with E-state index in [9.17, 15) is 14.7 Å². The summed E-state index contributed by atoms with van der Waals surface area (Å²) in [7, 11) is 1.61. The predicted molar refractivity (Wildman–Crippen MR) is 87.0 cm³/mol. The molecule has 0 radical (unpaired) electrons. The second-order valence-corrected chi connectivity index (χ2v) is 5.99. The number of likely N-dealkylation sites (N-methyl/N-ethyl adjacent to an activating group) is 1. The van der Waals surface area contributed by atoms with Gasteiger partial charge in [-0.3, -0.25) is 9.59 Å². The van der Waals surface area contributed by atoms with Gasteiger partial charge in [-0.1, -0.05) is 54.6 Å². The van der Waals surface area contributed by atoms with Crippen molar-refractivity contribution in [3.05, 3.63) is 71.3 Å². The Labute approximate surface area is 135 Å². The number of benzene rings is 2. The monoisotopic (exact) mass is 309 g/mol. The lowest BCUT2D eigenvalue weighted by Crippen LogP contribution is -2.55. The average molecular weight is 309 g/mol. The van der Waals surface area contributed by atoms with Crippen molar-refractivity contribution in [1.29, 1.82) is 0 Å². The summed E-state index contributed by atoms with van der Waals surface area (Å²) in [6.45, 7) is 0.358. The maximum absolute atomic E-state index is 12.7. The zero-order valence-corrected chi connectivity index (χ0v) is 13.0. The van der Waals surface area contributed by atoms with Crippen molar-refractivity contribution in [3.63, 3.8) is 0 Å². The average Bonchev–Trinajstić information content (AvgIpc) is 2.58. The molecule has 1 aliphatic carbocycles. The number of hydrogen-bond donors (Lipinski definition) is 1. The van der Waals surface area contributed by atoms with Crippen LogP contribution in [0.25, 0.3) is 0 Å². The maximum atomic E-state index is 12.7. The van der Waals surface area contributed by atoms with Gasteiger partial charge in [0.2, 0.25) is 11.4 Å². The molecule has 4 heteroatoms. The summed E-state index contributed by atoms with van der Waals surface area (Å²) in [6, 6.07) is 16.7. The van der Waals surface area contributed by atoms with Gasteiger partial charge in [0.25, 0.3) is 5.91 Å². The van der Waals surface area contributed by atoms with Crippen LogP contribution in [0.3, 0.4) is 0 Å². The van der Waals surface area contributed by atoms with E-state index >= 15 is 0 Å². The highest BCUT2D eigenvalue weighted by Crippen LogP contribution is 2.30. The lowest BCUT2D eigenvalue weighted by atomic mass is 9.78. The van der Waals surface area contributed by atoms with Crippen LogP contribution in [0.1, 0.15) is 27.9 Å². The van der Waals surface area contributed by atoms with Gasteiger partial charge in [0.05, 0.1) is 0 Å². The fraction of sp³-hybridized carbons (Fsp3) is 0.263. The third kappa shape index (κ3) is 2.78. The Kier molecular flexibility index (Phi) is 4.01. The van der Waals surface area contributed by atoms with Crippen LogP contribution in [-0.4, -0.2) is 34.3 Å². The van der Waals surface area contributed by atoms with E-state index in [1.807, 2.05) is 42.5 Å². The van der Waals surface area contributed by atoms with Crippen molar-refractivity contribution in [2.45, 2.75) is 25.0 Å². The number of aliphatic hydroxyl groups is 1. The first kappa shape index (κ1) is 15.4. The standard InChI is InChI=1S/C19H19NO3/c1-20(13-14-7-3-2-4-8-14)18(22)19(23)12-11-15-9-5-6-10-16(15)17(19)21/h2-10,23H,11-13H2,1H3. The lowest BCUT2D eigenvalue weighted by molar-refractivity contribution is -0.146. The van der Waals surface area contributed by atoms with Crippen LogP contribution in [0.4, 0.5) is 0 Å². The molecule has 4 nitrogen and oxygen atoms in total. The first-order valence-electron chi connectivity index (χ1n) is 7.67. The molecule has 0 fully saturated rings. The van der Waals surface area contributed by atoms with Gasteiger partial charge in [-0.05, 0) is 24.0 Å². The van der Waals surface area contributed by atoms with E-state index in [0.717, 1.165) is 11.1 Å². The Balaban J connectivity index is 1.83. The molecular weight excluding hydrogens is 290 g/mol. The third-order valence-electron chi connectivity index (χ3n) is 4.36. The molecule has 0 saturated heterocycles. The minimum atomic E-state index is -1.96. The van der Waals surface area contributed by atoms with Crippen LogP contribution < -0.4 is 0 Å². The van der Waals surface area contributed by atoms with Crippen molar-refractivity contribution < 1.29 is 14.7 Å². The van der Waals surface area contributed by atoms with Crippen LogP contribution >= 0.6 is 0 Å². The second kappa shape index (κ2) is 5.97. The van der Waals surface area contributed by atoms with E-state index in [2.05, 4.69) is 0 Å². The van der Waals surface area contributed by atoms with Crippen LogP contribution in [0.15, 0.2) is 54.6 Å². The highest BCUT2D eigenvalue weighted by Gasteiger charge is 2.48. The Morgan fingerprint density at radius 3 is 2.52 bits per heavy atom. The molecule has 0 heterocycles. The first-order valence-corrected chi connectivity index (χ1v) is 7.67. The zero-order valence-electron chi connectivity index (χ0n) is 13.0. The molecule has 1 amide bonds. The molecule has 118 valence electrons. The predicted octanol–water partition coefficient (Wildman–Crippen LogP) is 2.21. The van der Waals surface area contributed by atoms with Gasteiger partial charge < -0.3 is 10.0 Å². The summed E-state index contributed by atoms with van der Waals surface area (Å²) >= 11 is 0. The van der Waals surface area contributed by atoms with Crippen molar-refractivity contribution in [3.8, 4) is 0 Å². The number of ketones is 1. The lowest BCUT2D eigenvalue weighted by Gasteiger charge is -2.33. The zero-order chi connectivity index (χ0) is 16.4. The number of fused-ring (bicyclic) bond motifs is 1. The van der Waals surface area contributed by atoms with Crippen molar-refractivity contribution in [1.82, 2.24) is 4.90 Å². The highest BCUT2D eigenvalue weighted by atomic mass is 16.3. The van der Waals surface area contributed by atoms with Crippen molar-refractivity contribution in [2.24, 2.45) is 0 Å². The number of carbonyl (C=O) groups is 2. The molecule has 0 aliphatic heterocycles. The first-order chi connectivity index (χ1) is 11.0. The largest absolute Gasteiger partial charge is 0.373 e. The minimum Gasteiger partial charge on any atom is -0.373 e. The summed E-state index contributed by atoms with van der Waals surface area (Å²) in [5.74, 6) is -1.04. The van der Waals surface area contributed by atoms with Gasteiger partial charge in [0.15, 0.2) is 0 Å². The van der Waals surface area contributed by atoms with Gasteiger partial charge >= 0.3 is 0 Å². The van der Waals surface area contributed by atoms with Gasteiger partial charge in [-0.25, -0.2) is 0 Å². The van der Waals surface area contributed by atoms with E-state index in [0.29, 0.717) is 18.5 Å². The van der Waals surface area contributed by atoms with E-state index in [4.69, 9.17) is 0 Å². The fourth-order valence-electron chi connectivity index (χ4n) is 3.06. The van der Waals surface area contributed by atoms with Crippen molar-refractivity contribution in [2.75, 3.05) is 7.05 Å². The molecule has 1 N–H and O–H groups in total. The van der Waals surface area contributed by atoms with Crippen LogP contribution in [0, 0.1) is 0 Å². The van der Waals surface area contributed by atoms with Crippen LogP contribution in [0.2, 0.25) is 0 Å². The fourth-order valence-corrected chi connectivity index (χ4v) is 3.06. The normalized spacial score (nSPS) is 20.0. The summed E-state index contributed by atoms with van der Waals surface area (Å²) in [6.07, 6.45) is 0.643. The molecule has 0 saturated carbocycles. The molecule has 1 aliphatic rings. The molecule has 23 heavy (non-hydrogen) atoms. The molecule has 3 rings (SSSR count).